The lowest BCUT2D eigenvalue weighted by Crippen LogP contribution is -2.32. The van der Waals surface area contributed by atoms with Crippen molar-refractivity contribution >= 4 is 28.5 Å². The van der Waals surface area contributed by atoms with Crippen molar-refractivity contribution in [3.63, 3.8) is 0 Å². The number of anilines is 1. The molecule has 3 aromatic rings. The first-order chi connectivity index (χ1) is 12.7. The van der Waals surface area contributed by atoms with Crippen LogP contribution < -0.4 is 9.64 Å². The van der Waals surface area contributed by atoms with Crippen LogP contribution in [0.15, 0.2) is 30.5 Å². The van der Waals surface area contributed by atoms with Gasteiger partial charge in [-0.05, 0) is 31.2 Å². The molecule has 7 heteroatoms. The summed E-state index contributed by atoms with van der Waals surface area (Å²) in [6, 6.07) is 7.03. The third-order valence-corrected chi connectivity index (χ3v) is 5.45. The standard InChI is InChI=1S/C19H19FN4OS/c1-12-14-4-5-15(20)18(25-2)17(14)23-19(22-12)13-3-6-16(21-11-13)24-7-9-26-10-8-24/h3-6,11H,7-10H2,1-2H3. The van der Waals surface area contributed by atoms with Gasteiger partial charge >= 0.3 is 0 Å². The Labute approximate surface area is 155 Å². The van der Waals surface area contributed by atoms with E-state index in [0.717, 1.165) is 47.1 Å². The average Bonchev–Trinajstić information content (AvgIpc) is 2.68. The Balaban J connectivity index is 1.74. The molecule has 2 aromatic heterocycles. The van der Waals surface area contributed by atoms with Crippen LogP contribution in [0.1, 0.15) is 5.69 Å². The quantitative estimate of drug-likeness (QED) is 0.701. The van der Waals surface area contributed by atoms with E-state index >= 15 is 0 Å². The minimum absolute atomic E-state index is 0.143. The lowest BCUT2D eigenvalue weighted by molar-refractivity contribution is 0.391. The van der Waals surface area contributed by atoms with Gasteiger partial charge in [-0.2, -0.15) is 11.8 Å². The fourth-order valence-corrected chi connectivity index (χ4v) is 4.02. The Kier molecular flexibility index (Phi) is 4.63. The number of halogens is 1. The van der Waals surface area contributed by atoms with Crippen molar-refractivity contribution in [1.82, 2.24) is 15.0 Å². The minimum atomic E-state index is -0.430. The first-order valence-corrected chi connectivity index (χ1v) is 9.63. The molecule has 0 spiro atoms. The van der Waals surface area contributed by atoms with Gasteiger partial charge in [0.25, 0.3) is 0 Å². The molecule has 1 saturated heterocycles. The molecule has 4 rings (SSSR count). The van der Waals surface area contributed by atoms with Crippen LogP contribution in [0.5, 0.6) is 5.75 Å². The van der Waals surface area contributed by atoms with Crippen molar-refractivity contribution in [3.8, 4) is 17.1 Å². The number of rotatable bonds is 3. The zero-order valence-electron chi connectivity index (χ0n) is 14.7. The molecule has 1 aliphatic rings. The van der Waals surface area contributed by atoms with E-state index in [9.17, 15) is 4.39 Å². The second-order valence-electron chi connectivity index (χ2n) is 6.11. The summed E-state index contributed by atoms with van der Waals surface area (Å²) in [6.45, 7) is 3.91. The van der Waals surface area contributed by atoms with Crippen LogP contribution in [-0.4, -0.2) is 46.7 Å². The first-order valence-electron chi connectivity index (χ1n) is 8.47. The summed E-state index contributed by atoms with van der Waals surface area (Å²) < 4.78 is 19.3. The van der Waals surface area contributed by atoms with Crippen molar-refractivity contribution in [1.29, 1.82) is 0 Å². The molecule has 3 heterocycles. The molecule has 134 valence electrons. The van der Waals surface area contributed by atoms with Crippen molar-refractivity contribution in [2.24, 2.45) is 0 Å². The maximum absolute atomic E-state index is 14.0. The van der Waals surface area contributed by atoms with Gasteiger partial charge in [0.2, 0.25) is 0 Å². The molecule has 1 aromatic carbocycles. The van der Waals surface area contributed by atoms with E-state index in [1.54, 1.807) is 12.3 Å². The van der Waals surface area contributed by atoms with Crippen molar-refractivity contribution in [3.05, 3.63) is 42.0 Å². The highest BCUT2D eigenvalue weighted by molar-refractivity contribution is 7.99. The SMILES string of the molecule is COc1c(F)ccc2c(C)nc(-c3ccc(N4CCSCC4)nc3)nc12. The van der Waals surface area contributed by atoms with Crippen molar-refractivity contribution in [2.75, 3.05) is 36.6 Å². The second kappa shape index (κ2) is 7.07. The Morgan fingerprint density at radius 3 is 2.62 bits per heavy atom. The van der Waals surface area contributed by atoms with E-state index in [-0.39, 0.29) is 5.75 Å². The number of pyridine rings is 1. The Bertz CT molecular complexity index is 942. The van der Waals surface area contributed by atoms with Crippen LogP contribution in [0.2, 0.25) is 0 Å². The minimum Gasteiger partial charge on any atom is -0.491 e. The van der Waals surface area contributed by atoms with Gasteiger partial charge < -0.3 is 9.64 Å². The summed E-state index contributed by atoms with van der Waals surface area (Å²) in [6.07, 6.45) is 1.78. The molecular weight excluding hydrogens is 351 g/mol. The van der Waals surface area contributed by atoms with Gasteiger partial charge in [-0.25, -0.2) is 19.3 Å². The molecule has 5 nitrogen and oxygen atoms in total. The average molecular weight is 370 g/mol. The van der Waals surface area contributed by atoms with Crippen LogP contribution >= 0.6 is 11.8 Å². The smallest absolute Gasteiger partial charge is 0.180 e. The number of hydrogen-bond donors (Lipinski definition) is 0. The molecule has 0 unspecified atom stereocenters. The van der Waals surface area contributed by atoms with Crippen molar-refractivity contribution in [2.45, 2.75) is 6.92 Å². The highest BCUT2D eigenvalue weighted by Crippen LogP contribution is 2.30. The van der Waals surface area contributed by atoms with Gasteiger partial charge in [0.05, 0.1) is 7.11 Å². The zero-order valence-corrected chi connectivity index (χ0v) is 15.5. The van der Waals surface area contributed by atoms with E-state index in [4.69, 9.17) is 4.74 Å². The normalized spacial score (nSPS) is 14.7. The first kappa shape index (κ1) is 17.0. The van der Waals surface area contributed by atoms with E-state index in [1.807, 2.05) is 30.8 Å². The number of benzene rings is 1. The third-order valence-electron chi connectivity index (χ3n) is 4.51. The topological polar surface area (TPSA) is 51.1 Å². The zero-order chi connectivity index (χ0) is 18.1. The lowest BCUT2D eigenvalue weighted by atomic mass is 10.1. The van der Waals surface area contributed by atoms with E-state index in [0.29, 0.717) is 11.3 Å². The summed E-state index contributed by atoms with van der Waals surface area (Å²) in [4.78, 5) is 16.0. The summed E-state index contributed by atoms with van der Waals surface area (Å²) >= 11 is 1.97. The van der Waals surface area contributed by atoms with Gasteiger partial charge in [0.1, 0.15) is 11.3 Å². The Morgan fingerprint density at radius 2 is 1.92 bits per heavy atom. The summed E-state index contributed by atoms with van der Waals surface area (Å²) in [5, 5.41) is 0.780. The Morgan fingerprint density at radius 1 is 1.12 bits per heavy atom. The number of thioether (sulfide) groups is 1. The lowest BCUT2D eigenvalue weighted by Gasteiger charge is -2.27. The number of aromatic nitrogens is 3. The van der Waals surface area contributed by atoms with Crippen LogP contribution in [0.25, 0.3) is 22.3 Å². The second-order valence-corrected chi connectivity index (χ2v) is 7.34. The fraction of sp³-hybridized carbons (Fsp3) is 0.316. The van der Waals surface area contributed by atoms with Gasteiger partial charge in [0.15, 0.2) is 17.4 Å². The summed E-state index contributed by atoms with van der Waals surface area (Å²) in [7, 11) is 1.45. The molecule has 26 heavy (non-hydrogen) atoms. The molecular formula is C19H19FN4OS. The molecule has 0 radical (unpaired) electrons. The van der Waals surface area contributed by atoms with Gasteiger partial charge in [-0.15, -0.1) is 0 Å². The van der Waals surface area contributed by atoms with Gasteiger partial charge in [-0.1, -0.05) is 0 Å². The maximum Gasteiger partial charge on any atom is 0.180 e. The number of fused-ring (bicyclic) bond motifs is 1. The fourth-order valence-electron chi connectivity index (χ4n) is 3.12. The van der Waals surface area contributed by atoms with Crippen LogP contribution in [0.4, 0.5) is 10.2 Å². The highest BCUT2D eigenvalue weighted by atomic mass is 32.2. The number of nitrogens with zero attached hydrogens (tertiary/aromatic N) is 4. The van der Waals surface area contributed by atoms with Crippen molar-refractivity contribution < 1.29 is 9.13 Å². The summed E-state index contributed by atoms with van der Waals surface area (Å²) in [5.41, 5.74) is 2.06. The predicted octanol–water partition coefficient (Wildman–Crippen LogP) is 3.70. The number of ether oxygens (including phenoxy) is 1. The predicted molar refractivity (Wildman–Crippen MR) is 104 cm³/mol. The molecule has 0 amide bonds. The van der Waals surface area contributed by atoms with Crippen LogP contribution in [0, 0.1) is 12.7 Å². The van der Waals surface area contributed by atoms with E-state index < -0.39 is 5.82 Å². The largest absolute Gasteiger partial charge is 0.491 e. The number of aryl methyl sites for hydroxylation is 1. The molecule has 1 fully saturated rings. The van der Waals surface area contributed by atoms with E-state index in [1.165, 1.54) is 13.2 Å². The van der Waals surface area contributed by atoms with Crippen LogP contribution in [0.3, 0.4) is 0 Å². The number of hydrogen-bond acceptors (Lipinski definition) is 6. The van der Waals surface area contributed by atoms with Gasteiger partial charge in [0, 0.05) is 47.4 Å². The summed E-state index contributed by atoms with van der Waals surface area (Å²) in [5.74, 6) is 3.45. The molecule has 0 bridgehead atoms. The monoisotopic (exact) mass is 370 g/mol. The van der Waals surface area contributed by atoms with Gasteiger partial charge in [-0.3, -0.25) is 0 Å². The van der Waals surface area contributed by atoms with Crippen LogP contribution in [-0.2, 0) is 0 Å². The molecule has 0 saturated carbocycles. The molecule has 0 N–H and O–H groups in total. The molecule has 1 aliphatic heterocycles. The third kappa shape index (κ3) is 3.07. The molecule has 0 atom stereocenters. The Hall–Kier alpha value is -2.41. The highest BCUT2D eigenvalue weighted by Gasteiger charge is 2.16. The number of methoxy groups -OCH3 is 1. The molecule has 0 aliphatic carbocycles. The maximum atomic E-state index is 14.0. The van der Waals surface area contributed by atoms with E-state index in [2.05, 4.69) is 19.9 Å².